The van der Waals surface area contributed by atoms with E-state index in [1.165, 1.54) is 0 Å². The van der Waals surface area contributed by atoms with E-state index < -0.39 is 0 Å². The van der Waals surface area contributed by atoms with E-state index in [1.54, 1.807) is 12.1 Å². The number of nitrogen functional groups attached to an aromatic ring is 1. The van der Waals surface area contributed by atoms with Gasteiger partial charge < -0.3 is 5.73 Å². The molecule has 4 heteroatoms. The lowest BCUT2D eigenvalue weighted by atomic mass is 10.0. The van der Waals surface area contributed by atoms with Crippen molar-refractivity contribution in [3.8, 4) is 12.1 Å². The van der Waals surface area contributed by atoms with Gasteiger partial charge in [0.2, 0.25) is 0 Å². The summed E-state index contributed by atoms with van der Waals surface area (Å²) < 4.78 is 0. The number of nitrogens with zero attached hydrogens (tertiary/aromatic N) is 2. The van der Waals surface area contributed by atoms with Crippen LogP contribution in [0.5, 0.6) is 0 Å². The van der Waals surface area contributed by atoms with Crippen LogP contribution in [0.2, 0.25) is 5.02 Å². The number of halogens is 1. The molecule has 0 saturated carbocycles. The van der Waals surface area contributed by atoms with Crippen molar-refractivity contribution in [2.45, 2.75) is 6.42 Å². The molecular formula is C9H6ClN3. The summed E-state index contributed by atoms with van der Waals surface area (Å²) in [5.41, 5.74) is 6.85. The molecule has 0 aliphatic carbocycles. The molecule has 13 heavy (non-hydrogen) atoms. The van der Waals surface area contributed by atoms with Gasteiger partial charge in [-0.3, -0.25) is 0 Å². The van der Waals surface area contributed by atoms with Gasteiger partial charge in [-0.15, -0.1) is 0 Å². The first kappa shape index (κ1) is 9.38. The number of hydrogen-bond acceptors (Lipinski definition) is 3. The van der Waals surface area contributed by atoms with Crippen molar-refractivity contribution in [2.75, 3.05) is 5.73 Å². The van der Waals surface area contributed by atoms with Crippen LogP contribution < -0.4 is 5.73 Å². The first-order valence-corrected chi connectivity index (χ1v) is 3.92. The van der Waals surface area contributed by atoms with Crippen LogP contribution in [0, 0.1) is 22.7 Å². The predicted molar refractivity (Wildman–Crippen MR) is 49.9 cm³/mol. The van der Waals surface area contributed by atoms with Gasteiger partial charge in [-0.1, -0.05) is 11.6 Å². The third-order valence-electron chi connectivity index (χ3n) is 1.68. The Morgan fingerprint density at radius 3 is 2.62 bits per heavy atom. The zero-order valence-corrected chi connectivity index (χ0v) is 7.47. The van der Waals surface area contributed by atoms with Crippen molar-refractivity contribution in [3.63, 3.8) is 0 Å². The molecule has 1 rings (SSSR count). The summed E-state index contributed by atoms with van der Waals surface area (Å²) in [6.45, 7) is 0. The molecule has 0 fully saturated rings. The smallest absolute Gasteiger partial charge is 0.0995 e. The molecule has 1 aromatic rings. The van der Waals surface area contributed by atoms with Crippen molar-refractivity contribution in [3.05, 3.63) is 28.3 Å². The summed E-state index contributed by atoms with van der Waals surface area (Å²) >= 11 is 5.73. The lowest BCUT2D eigenvalue weighted by molar-refractivity contribution is 1.25. The van der Waals surface area contributed by atoms with Gasteiger partial charge in [-0.2, -0.15) is 10.5 Å². The second kappa shape index (κ2) is 3.80. The summed E-state index contributed by atoms with van der Waals surface area (Å²) in [7, 11) is 0. The minimum absolute atomic E-state index is 0.106. The molecule has 0 saturated heterocycles. The maximum Gasteiger partial charge on any atom is 0.0995 e. The Morgan fingerprint density at radius 1 is 1.38 bits per heavy atom. The molecular weight excluding hydrogens is 186 g/mol. The zero-order chi connectivity index (χ0) is 9.84. The quantitative estimate of drug-likeness (QED) is 0.689. The SMILES string of the molecule is N#CCc1c(C#N)ccc(Cl)c1N. The number of hydrogen-bond donors (Lipinski definition) is 1. The molecule has 0 bridgehead atoms. The van der Waals surface area contributed by atoms with E-state index in [9.17, 15) is 0 Å². The van der Waals surface area contributed by atoms with Crippen LogP contribution >= 0.6 is 11.6 Å². The monoisotopic (exact) mass is 191 g/mol. The van der Waals surface area contributed by atoms with E-state index in [0.717, 1.165) is 0 Å². The Balaban J connectivity index is 3.36. The molecule has 0 spiro atoms. The van der Waals surface area contributed by atoms with Gasteiger partial charge in [0.25, 0.3) is 0 Å². The van der Waals surface area contributed by atoms with Gasteiger partial charge in [0, 0.05) is 5.56 Å². The second-order valence-electron chi connectivity index (χ2n) is 2.43. The van der Waals surface area contributed by atoms with Crippen LogP contribution in [0.4, 0.5) is 5.69 Å². The number of rotatable bonds is 1. The van der Waals surface area contributed by atoms with Gasteiger partial charge >= 0.3 is 0 Å². The molecule has 0 aliphatic heterocycles. The van der Waals surface area contributed by atoms with Crippen LogP contribution in [-0.4, -0.2) is 0 Å². The summed E-state index contributed by atoms with van der Waals surface area (Å²) in [5, 5.41) is 17.6. The number of nitriles is 2. The van der Waals surface area contributed by atoms with Crippen LogP contribution in [0.3, 0.4) is 0 Å². The van der Waals surface area contributed by atoms with Crippen molar-refractivity contribution in [1.29, 1.82) is 10.5 Å². The average Bonchev–Trinajstić information content (AvgIpc) is 2.14. The highest BCUT2D eigenvalue weighted by Crippen LogP contribution is 2.25. The van der Waals surface area contributed by atoms with E-state index in [1.807, 2.05) is 12.1 Å². The van der Waals surface area contributed by atoms with Gasteiger partial charge in [0.1, 0.15) is 0 Å². The summed E-state index contributed by atoms with van der Waals surface area (Å²) in [5.74, 6) is 0. The minimum Gasteiger partial charge on any atom is -0.397 e. The van der Waals surface area contributed by atoms with E-state index in [4.69, 9.17) is 27.9 Å². The van der Waals surface area contributed by atoms with Crippen LogP contribution in [0.25, 0.3) is 0 Å². The van der Waals surface area contributed by atoms with E-state index >= 15 is 0 Å². The predicted octanol–water partition coefficient (Wildman–Crippen LogP) is 1.86. The summed E-state index contributed by atoms with van der Waals surface area (Å²) in [6, 6.07) is 7.01. The molecule has 2 N–H and O–H groups in total. The maximum atomic E-state index is 8.70. The Bertz CT molecular complexity index is 412. The maximum absolute atomic E-state index is 8.70. The highest BCUT2D eigenvalue weighted by Gasteiger charge is 2.08. The average molecular weight is 192 g/mol. The van der Waals surface area contributed by atoms with Crippen molar-refractivity contribution >= 4 is 17.3 Å². The standard InChI is InChI=1S/C9H6ClN3/c10-8-2-1-6(5-12)7(3-4-11)9(8)13/h1-2H,3,13H2. The van der Waals surface area contributed by atoms with Crippen molar-refractivity contribution in [2.24, 2.45) is 0 Å². The van der Waals surface area contributed by atoms with Crippen molar-refractivity contribution < 1.29 is 0 Å². The van der Waals surface area contributed by atoms with Gasteiger partial charge in [-0.25, -0.2) is 0 Å². The lowest BCUT2D eigenvalue weighted by Gasteiger charge is -2.04. The van der Waals surface area contributed by atoms with E-state index in [2.05, 4.69) is 0 Å². The fourth-order valence-electron chi connectivity index (χ4n) is 1.01. The number of anilines is 1. The molecule has 0 aliphatic rings. The molecule has 0 radical (unpaired) electrons. The van der Waals surface area contributed by atoms with Gasteiger partial charge in [0.15, 0.2) is 0 Å². The highest BCUT2D eigenvalue weighted by molar-refractivity contribution is 6.33. The molecule has 0 unspecified atom stereocenters. The third kappa shape index (κ3) is 1.72. The molecule has 64 valence electrons. The molecule has 0 heterocycles. The third-order valence-corrected chi connectivity index (χ3v) is 2.01. The Labute approximate surface area is 81.0 Å². The molecule has 3 nitrogen and oxygen atoms in total. The minimum atomic E-state index is 0.106. The molecule has 1 aromatic carbocycles. The van der Waals surface area contributed by atoms with Crippen LogP contribution in [-0.2, 0) is 6.42 Å². The van der Waals surface area contributed by atoms with Crippen molar-refractivity contribution in [1.82, 2.24) is 0 Å². The first-order valence-electron chi connectivity index (χ1n) is 3.54. The Kier molecular flexibility index (Phi) is 2.74. The summed E-state index contributed by atoms with van der Waals surface area (Å²) in [6.07, 6.45) is 0.106. The fraction of sp³-hybridized carbons (Fsp3) is 0.111. The number of benzene rings is 1. The Hall–Kier alpha value is -1.71. The molecule has 0 amide bonds. The fourth-order valence-corrected chi connectivity index (χ4v) is 1.19. The number of nitrogens with two attached hydrogens (primary N) is 1. The molecule has 0 aromatic heterocycles. The van der Waals surface area contributed by atoms with Crippen LogP contribution in [0.15, 0.2) is 12.1 Å². The summed E-state index contributed by atoms with van der Waals surface area (Å²) in [4.78, 5) is 0. The Morgan fingerprint density at radius 2 is 2.08 bits per heavy atom. The topological polar surface area (TPSA) is 73.6 Å². The second-order valence-corrected chi connectivity index (χ2v) is 2.84. The van der Waals surface area contributed by atoms with Gasteiger partial charge in [0.05, 0.1) is 34.8 Å². The lowest BCUT2D eigenvalue weighted by Crippen LogP contribution is -1.97. The van der Waals surface area contributed by atoms with Crippen LogP contribution in [0.1, 0.15) is 11.1 Å². The highest BCUT2D eigenvalue weighted by atomic mass is 35.5. The molecule has 0 atom stereocenters. The normalized spacial score (nSPS) is 8.85. The largest absolute Gasteiger partial charge is 0.397 e. The zero-order valence-electron chi connectivity index (χ0n) is 6.71. The van der Waals surface area contributed by atoms with E-state index in [-0.39, 0.29) is 6.42 Å². The van der Waals surface area contributed by atoms with E-state index in [0.29, 0.717) is 21.8 Å². The van der Waals surface area contributed by atoms with Gasteiger partial charge in [-0.05, 0) is 12.1 Å². The first-order chi connectivity index (χ1) is 6.20.